The summed E-state index contributed by atoms with van der Waals surface area (Å²) in [6, 6.07) is 4.33. The van der Waals surface area contributed by atoms with E-state index < -0.39 is 5.97 Å². The van der Waals surface area contributed by atoms with Gasteiger partial charge < -0.3 is 9.67 Å². The lowest BCUT2D eigenvalue weighted by molar-refractivity contribution is 0.0691. The molecule has 0 aliphatic heterocycles. The molecule has 0 amide bonds. The number of imidazole rings is 2. The molecule has 0 saturated carbocycles. The van der Waals surface area contributed by atoms with E-state index in [4.69, 9.17) is 5.11 Å². The Hall–Kier alpha value is -2.37. The highest BCUT2D eigenvalue weighted by molar-refractivity contribution is 5.88. The summed E-state index contributed by atoms with van der Waals surface area (Å²) >= 11 is 0. The maximum Gasteiger partial charge on any atom is 0.356 e. The van der Waals surface area contributed by atoms with Crippen LogP contribution >= 0.6 is 0 Å². The quantitative estimate of drug-likeness (QED) is 0.695. The number of hydrogen-bond donors (Lipinski definition) is 1. The van der Waals surface area contributed by atoms with Gasteiger partial charge in [-0.1, -0.05) is 0 Å². The van der Waals surface area contributed by atoms with Crippen LogP contribution in [0.4, 0.5) is 4.39 Å². The van der Waals surface area contributed by atoms with E-state index in [9.17, 15) is 9.18 Å². The fourth-order valence-corrected chi connectivity index (χ4v) is 1.96. The fourth-order valence-electron chi connectivity index (χ4n) is 1.96. The molecule has 17 heavy (non-hydrogen) atoms. The molecule has 0 spiro atoms. The van der Waals surface area contributed by atoms with Gasteiger partial charge in [-0.05, 0) is 18.2 Å². The van der Waals surface area contributed by atoms with Crippen molar-refractivity contribution in [1.29, 1.82) is 0 Å². The molecule has 0 aliphatic rings. The maximum absolute atomic E-state index is 13.1. The van der Waals surface area contributed by atoms with Crippen LogP contribution in [0.5, 0.6) is 0 Å². The van der Waals surface area contributed by atoms with Crippen molar-refractivity contribution in [3.8, 4) is 0 Å². The molecule has 0 radical (unpaired) electrons. The lowest BCUT2D eigenvalue weighted by Gasteiger charge is -1.94. The van der Waals surface area contributed by atoms with Gasteiger partial charge in [0.05, 0.1) is 11.0 Å². The maximum atomic E-state index is 13.1. The van der Waals surface area contributed by atoms with Gasteiger partial charge in [-0.2, -0.15) is 0 Å². The predicted molar refractivity (Wildman–Crippen MR) is 58.6 cm³/mol. The first kappa shape index (κ1) is 9.83. The second kappa shape index (κ2) is 3.07. The Bertz CT molecular complexity index is 757. The monoisotopic (exact) mass is 233 g/mol. The molecule has 1 N–H and O–H groups in total. The molecule has 0 saturated heterocycles. The van der Waals surface area contributed by atoms with Crippen molar-refractivity contribution < 1.29 is 14.3 Å². The lowest BCUT2D eigenvalue weighted by Crippen LogP contribution is -1.97. The number of nitrogens with zero attached hydrogens (tertiary/aromatic N) is 3. The molecule has 0 bridgehead atoms. The van der Waals surface area contributed by atoms with Crippen molar-refractivity contribution in [2.75, 3.05) is 0 Å². The molecule has 2 heterocycles. The van der Waals surface area contributed by atoms with Gasteiger partial charge in [-0.25, -0.2) is 14.2 Å². The molecular formula is C11H8FN3O2. The molecule has 6 heteroatoms. The molecule has 1 aromatic carbocycles. The van der Waals surface area contributed by atoms with Crippen LogP contribution in [0.2, 0.25) is 0 Å². The third kappa shape index (κ3) is 1.24. The van der Waals surface area contributed by atoms with Crippen LogP contribution in [-0.4, -0.2) is 25.0 Å². The Labute approximate surface area is 94.7 Å². The lowest BCUT2D eigenvalue weighted by atomic mass is 10.3. The Kier molecular flexibility index (Phi) is 1.77. The minimum absolute atomic E-state index is 0.0261. The van der Waals surface area contributed by atoms with Gasteiger partial charge in [-0.3, -0.25) is 4.40 Å². The van der Waals surface area contributed by atoms with Gasteiger partial charge in [0.1, 0.15) is 5.82 Å². The average molecular weight is 233 g/mol. The molecule has 2 aromatic heterocycles. The molecule has 0 fully saturated rings. The van der Waals surface area contributed by atoms with Crippen LogP contribution < -0.4 is 0 Å². The van der Waals surface area contributed by atoms with E-state index in [0.29, 0.717) is 11.3 Å². The topological polar surface area (TPSA) is 59.5 Å². The number of halogens is 1. The van der Waals surface area contributed by atoms with Gasteiger partial charge in [0, 0.05) is 13.2 Å². The van der Waals surface area contributed by atoms with E-state index in [2.05, 4.69) is 4.98 Å². The molecule has 5 nitrogen and oxygen atoms in total. The number of benzene rings is 1. The normalized spacial score (nSPS) is 11.4. The smallest absolute Gasteiger partial charge is 0.356 e. The van der Waals surface area contributed by atoms with Crippen LogP contribution in [-0.2, 0) is 7.05 Å². The summed E-state index contributed by atoms with van der Waals surface area (Å²) in [7, 11) is 1.72. The van der Waals surface area contributed by atoms with Crippen molar-refractivity contribution in [3.05, 3.63) is 35.9 Å². The van der Waals surface area contributed by atoms with E-state index in [1.807, 2.05) is 0 Å². The Balaban J connectivity index is 2.46. The van der Waals surface area contributed by atoms with Crippen molar-refractivity contribution in [1.82, 2.24) is 14.0 Å². The molecule has 3 aromatic rings. The number of rotatable bonds is 1. The predicted octanol–water partition coefficient (Wildman–Crippen LogP) is 1.66. The second-order valence-corrected chi connectivity index (χ2v) is 3.79. The first-order chi connectivity index (χ1) is 8.08. The number of carboxylic acids is 1. The number of aryl methyl sites for hydroxylation is 1. The Morgan fingerprint density at radius 3 is 2.88 bits per heavy atom. The van der Waals surface area contributed by atoms with Gasteiger partial charge in [0.15, 0.2) is 5.69 Å². The largest absolute Gasteiger partial charge is 0.476 e. The third-order valence-electron chi connectivity index (χ3n) is 2.76. The van der Waals surface area contributed by atoms with Crippen molar-refractivity contribution in [2.24, 2.45) is 7.05 Å². The standard InChI is InChI=1S/C11H8FN3O2/c1-14-9-4-6(12)2-3-8(9)15-5-7(10(16)17)13-11(14)15/h2-5H,1H3,(H,16,17). The zero-order valence-electron chi connectivity index (χ0n) is 8.88. The van der Waals surface area contributed by atoms with Crippen molar-refractivity contribution in [3.63, 3.8) is 0 Å². The summed E-state index contributed by atoms with van der Waals surface area (Å²) in [6.45, 7) is 0. The number of carbonyl (C=O) groups is 1. The van der Waals surface area contributed by atoms with Gasteiger partial charge in [0.25, 0.3) is 0 Å². The molecule has 86 valence electrons. The minimum Gasteiger partial charge on any atom is -0.476 e. The van der Waals surface area contributed by atoms with Crippen molar-refractivity contribution >= 4 is 22.8 Å². The van der Waals surface area contributed by atoms with Crippen LogP contribution in [0.3, 0.4) is 0 Å². The molecule has 3 rings (SSSR count). The van der Waals surface area contributed by atoms with E-state index in [0.717, 1.165) is 5.52 Å². The van der Waals surface area contributed by atoms with Crippen LogP contribution in [0.15, 0.2) is 24.4 Å². The summed E-state index contributed by atoms with van der Waals surface area (Å²) in [5.41, 5.74) is 1.37. The first-order valence-corrected chi connectivity index (χ1v) is 4.94. The van der Waals surface area contributed by atoms with E-state index >= 15 is 0 Å². The number of carboxylic acid groups (broad SMARTS) is 1. The van der Waals surface area contributed by atoms with Crippen molar-refractivity contribution in [2.45, 2.75) is 0 Å². The molecule has 0 aliphatic carbocycles. The number of aromatic carboxylic acids is 1. The summed E-state index contributed by atoms with van der Waals surface area (Å²) in [6.07, 6.45) is 1.43. The Morgan fingerprint density at radius 1 is 1.41 bits per heavy atom. The number of hydrogen-bond acceptors (Lipinski definition) is 2. The van der Waals surface area contributed by atoms with E-state index in [1.165, 1.54) is 18.3 Å². The van der Waals surface area contributed by atoms with E-state index in [-0.39, 0.29) is 11.5 Å². The van der Waals surface area contributed by atoms with Gasteiger partial charge >= 0.3 is 5.97 Å². The minimum atomic E-state index is -1.08. The zero-order valence-corrected chi connectivity index (χ0v) is 8.88. The summed E-state index contributed by atoms with van der Waals surface area (Å²) in [5, 5.41) is 8.87. The summed E-state index contributed by atoms with van der Waals surface area (Å²) in [4.78, 5) is 14.8. The van der Waals surface area contributed by atoms with Crippen LogP contribution in [0, 0.1) is 5.82 Å². The van der Waals surface area contributed by atoms with Gasteiger partial charge in [-0.15, -0.1) is 0 Å². The highest BCUT2D eigenvalue weighted by Gasteiger charge is 2.15. The number of fused-ring (bicyclic) bond motifs is 3. The molecule has 0 unspecified atom stereocenters. The third-order valence-corrected chi connectivity index (χ3v) is 2.76. The van der Waals surface area contributed by atoms with Crippen LogP contribution in [0.1, 0.15) is 10.5 Å². The van der Waals surface area contributed by atoms with Gasteiger partial charge in [0.2, 0.25) is 5.78 Å². The summed E-state index contributed by atoms with van der Waals surface area (Å²) in [5.74, 6) is -0.938. The molecular weight excluding hydrogens is 225 g/mol. The zero-order chi connectivity index (χ0) is 12.2. The Morgan fingerprint density at radius 2 is 2.18 bits per heavy atom. The second-order valence-electron chi connectivity index (χ2n) is 3.79. The highest BCUT2D eigenvalue weighted by atomic mass is 19.1. The molecule has 0 atom stereocenters. The highest BCUT2D eigenvalue weighted by Crippen LogP contribution is 2.20. The van der Waals surface area contributed by atoms with E-state index in [1.54, 1.807) is 22.1 Å². The first-order valence-electron chi connectivity index (χ1n) is 4.94. The average Bonchev–Trinajstić information content (AvgIpc) is 2.80. The number of aromatic nitrogens is 3. The fraction of sp³-hybridized carbons (Fsp3) is 0.0909. The van der Waals surface area contributed by atoms with Crippen LogP contribution in [0.25, 0.3) is 16.8 Å². The SMILES string of the molecule is Cn1c2cc(F)ccc2n2cc(C(=O)O)nc12. The summed E-state index contributed by atoms with van der Waals surface area (Å²) < 4.78 is 16.4.